The predicted octanol–water partition coefficient (Wildman–Crippen LogP) is 3.31. The van der Waals surface area contributed by atoms with Crippen molar-refractivity contribution in [3.63, 3.8) is 0 Å². The number of rotatable bonds is 7. The first-order valence-electron chi connectivity index (χ1n) is 7.93. The van der Waals surface area contributed by atoms with E-state index in [4.69, 9.17) is 16.3 Å². The molecule has 0 aliphatic rings. The highest BCUT2D eigenvalue weighted by molar-refractivity contribution is 7.89. The lowest BCUT2D eigenvalue weighted by Gasteiger charge is -2.19. The second kappa shape index (κ2) is 8.53. The lowest BCUT2D eigenvalue weighted by atomic mass is 10.2. The zero-order valence-corrected chi connectivity index (χ0v) is 16.4. The standard InChI is InChI=1S/C18H21ClN2O4S/c1-13-4-7-16(20-14(2)22)12-18(13)26(23,24)21(3)10-11-25-17-8-5-15(19)6-9-17/h4-9,12H,10-11H2,1-3H3,(H,20,22). The summed E-state index contributed by atoms with van der Waals surface area (Å²) in [6.45, 7) is 3.45. The van der Waals surface area contributed by atoms with Crippen LogP contribution in [0.2, 0.25) is 5.02 Å². The topological polar surface area (TPSA) is 75.7 Å². The van der Waals surface area contributed by atoms with Crippen LogP contribution in [0.3, 0.4) is 0 Å². The monoisotopic (exact) mass is 396 g/mol. The van der Waals surface area contributed by atoms with E-state index >= 15 is 0 Å². The van der Waals surface area contributed by atoms with Gasteiger partial charge in [-0.2, -0.15) is 4.31 Å². The Labute approximate surface area is 158 Å². The van der Waals surface area contributed by atoms with Crippen molar-refractivity contribution in [1.82, 2.24) is 4.31 Å². The molecule has 2 rings (SSSR count). The fourth-order valence-electron chi connectivity index (χ4n) is 2.27. The molecule has 2 aromatic carbocycles. The number of likely N-dealkylation sites (N-methyl/N-ethyl adjacent to an activating group) is 1. The highest BCUT2D eigenvalue weighted by Crippen LogP contribution is 2.23. The van der Waals surface area contributed by atoms with E-state index in [1.54, 1.807) is 43.3 Å². The van der Waals surface area contributed by atoms with E-state index in [0.717, 1.165) is 0 Å². The molecule has 6 nitrogen and oxygen atoms in total. The van der Waals surface area contributed by atoms with Gasteiger partial charge in [0.1, 0.15) is 12.4 Å². The van der Waals surface area contributed by atoms with Gasteiger partial charge >= 0.3 is 0 Å². The highest BCUT2D eigenvalue weighted by Gasteiger charge is 2.23. The molecule has 2 aromatic rings. The second-order valence-corrected chi connectivity index (χ2v) is 8.24. The van der Waals surface area contributed by atoms with Crippen LogP contribution in [0.4, 0.5) is 5.69 Å². The number of hydrogen-bond donors (Lipinski definition) is 1. The summed E-state index contributed by atoms with van der Waals surface area (Å²) >= 11 is 5.81. The van der Waals surface area contributed by atoms with E-state index in [9.17, 15) is 13.2 Å². The Morgan fingerprint density at radius 3 is 2.46 bits per heavy atom. The van der Waals surface area contributed by atoms with Crippen LogP contribution < -0.4 is 10.1 Å². The van der Waals surface area contributed by atoms with Crippen molar-refractivity contribution in [3.8, 4) is 5.75 Å². The number of anilines is 1. The maximum Gasteiger partial charge on any atom is 0.243 e. The van der Waals surface area contributed by atoms with Crippen LogP contribution in [0.25, 0.3) is 0 Å². The summed E-state index contributed by atoms with van der Waals surface area (Å²) in [6.07, 6.45) is 0. The number of amides is 1. The first-order valence-corrected chi connectivity index (χ1v) is 9.75. The smallest absolute Gasteiger partial charge is 0.243 e. The molecule has 0 unspecified atom stereocenters. The first-order chi connectivity index (χ1) is 12.2. The number of hydrogen-bond acceptors (Lipinski definition) is 4. The largest absolute Gasteiger partial charge is 0.492 e. The first kappa shape index (κ1) is 20.2. The van der Waals surface area contributed by atoms with Crippen LogP contribution in [0, 0.1) is 6.92 Å². The summed E-state index contributed by atoms with van der Waals surface area (Å²) in [5.41, 5.74) is 1.04. The molecule has 0 atom stereocenters. The maximum atomic E-state index is 12.8. The zero-order chi connectivity index (χ0) is 19.3. The molecule has 0 aliphatic heterocycles. The predicted molar refractivity (Wildman–Crippen MR) is 102 cm³/mol. The molecule has 0 fully saturated rings. The maximum absolute atomic E-state index is 12.8. The molecule has 26 heavy (non-hydrogen) atoms. The Kier molecular flexibility index (Phi) is 6.63. The van der Waals surface area contributed by atoms with Gasteiger partial charge in [-0.3, -0.25) is 4.79 Å². The summed E-state index contributed by atoms with van der Waals surface area (Å²) in [4.78, 5) is 11.3. The third kappa shape index (κ3) is 5.20. The summed E-state index contributed by atoms with van der Waals surface area (Å²) in [7, 11) is -2.22. The normalized spacial score (nSPS) is 11.4. The molecular formula is C18H21ClN2O4S. The number of aryl methyl sites for hydroxylation is 1. The fourth-order valence-corrected chi connectivity index (χ4v) is 3.80. The molecule has 0 saturated carbocycles. The van der Waals surface area contributed by atoms with Gasteiger partial charge in [0.25, 0.3) is 0 Å². The van der Waals surface area contributed by atoms with Crippen LogP contribution >= 0.6 is 11.6 Å². The van der Waals surface area contributed by atoms with Gasteiger partial charge in [0.15, 0.2) is 0 Å². The Hall–Kier alpha value is -2.09. The van der Waals surface area contributed by atoms with Crippen molar-refractivity contribution in [2.75, 3.05) is 25.5 Å². The number of halogens is 1. The van der Waals surface area contributed by atoms with Gasteiger partial charge in [-0.05, 0) is 48.9 Å². The lowest BCUT2D eigenvalue weighted by Crippen LogP contribution is -2.31. The summed E-state index contributed by atoms with van der Waals surface area (Å²) in [5, 5.41) is 3.20. The molecule has 0 aliphatic carbocycles. The number of ether oxygens (including phenoxy) is 1. The zero-order valence-electron chi connectivity index (χ0n) is 14.8. The lowest BCUT2D eigenvalue weighted by molar-refractivity contribution is -0.114. The molecule has 8 heteroatoms. The van der Waals surface area contributed by atoms with E-state index in [-0.39, 0.29) is 24.0 Å². The Bertz CT molecular complexity index is 883. The van der Waals surface area contributed by atoms with Crippen molar-refractivity contribution in [3.05, 3.63) is 53.1 Å². The van der Waals surface area contributed by atoms with E-state index in [0.29, 0.717) is 22.0 Å². The third-order valence-electron chi connectivity index (χ3n) is 3.69. The van der Waals surface area contributed by atoms with Gasteiger partial charge in [-0.15, -0.1) is 0 Å². The number of carbonyl (C=O) groups is 1. The summed E-state index contributed by atoms with van der Waals surface area (Å²) in [6, 6.07) is 11.6. The minimum Gasteiger partial charge on any atom is -0.492 e. The summed E-state index contributed by atoms with van der Waals surface area (Å²) in [5.74, 6) is 0.353. The van der Waals surface area contributed by atoms with E-state index < -0.39 is 10.0 Å². The van der Waals surface area contributed by atoms with E-state index in [2.05, 4.69) is 5.32 Å². The van der Waals surface area contributed by atoms with Crippen LogP contribution in [-0.2, 0) is 14.8 Å². The fraction of sp³-hybridized carbons (Fsp3) is 0.278. The van der Waals surface area contributed by atoms with Crippen molar-refractivity contribution in [2.45, 2.75) is 18.7 Å². The van der Waals surface area contributed by atoms with Gasteiger partial charge in [0.05, 0.1) is 4.90 Å². The molecule has 0 spiro atoms. The number of sulfonamides is 1. The van der Waals surface area contributed by atoms with E-state index in [1.165, 1.54) is 24.3 Å². The number of benzene rings is 2. The molecule has 0 bridgehead atoms. The van der Waals surface area contributed by atoms with Gasteiger partial charge in [0, 0.05) is 31.2 Å². The molecule has 0 aromatic heterocycles. The van der Waals surface area contributed by atoms with Crippen molar-refractivity contribution < 1.29 is 17.9 Å². The minimum atomic E-state index is -3.71. The minimum absolute atomic E-state index is 0.151. The SMILES string of the molecule is CC(=O)Nc1ccc(C)c(S(=O)(=O)N(C)CCOc2ccc(Cl)cc2)c1. The Morgan fingerprint density at radius 1 is 1.19 bits per heavy atom. The van der Waals surface area contributed by atoms with Crippen LogP contribution in [0.1, 0.15) is 12.5 Å². The average Bonchev–Trinajstić information content (AvgIpc) is 2.57. The molecule has 1 N–H and O–H groups in total. The molecule has 140 valence electrons. The molecular weight excluding hydrogens is 376 g/mol. The van der Waals surface area contributed by atoms with E-state index in [1.807, 2.05) is 0 Å². The van der Waals surface area contributed by atoms with Crippen molar-refractivity contribution in [1.29, 1.82) is 0 Å². The highest BCUT2D eigenvalue weighted by atomic mass is 35.5. The summed E-state index contributed by atoms with van der Waals surface area (Å²) < 4.78 is 32.4. The molecule has 0 saturated heterocycles. The van der Waals surface area contributed by atoms with Crippen molar-refractivity contribution in [2.24, 2.45) is 0 Å². The second-order valence-electron chi connectivity index (χ2n) is 5.79. The van der Waals surface area contributed by atoms with Crippen LogP contribution in [0.5, 0.6) is 5.75 Å². The Balaban J connectivity index is 2.08. The quantitative estimate of drug-likeness (QED) is 0.779. The number of nitrogens with zero attached hydrogens (tertiary/aromatic N) is 1. The van der Waals surface area contributed by atoms with Gasteiger partial charge in [0.2, 0.25) is 15.9 Å². The van der Waals surface area contributed by atoms with Crippen molar-refractivity contribution >= 4 is 33.2 Å². The average molecular weight is 397 g/mol. The molecule has 1 amide bonds. The van der Waals surface area contributed by atoms with Gasteiger partial charge in [-0.25, -0.2) is 8.42 Å². The number of carbonyl (C=O) groups excluding carboxylic acids is 1. The van der Waals surface area contributed by atoms with Gasteiger partial charge in [-0.1, -0.05) is 17.7 Å². The van der Waals surface area contributed by atoms with Crippen LogP contribution in [0.15, 0.2) is 47.4 Å². The third-order valence-corrected chi connectivity index (χ3v) is 5.94. The van der Waals surface area contributed by atoms with Gasteiger partial charge < -0.3 is 10.1 Å². The molecule has 0 heterocycles. The molecule has 0 radical (unpaired) electrons. The number of nitrogens with one attached hydrogen (secondary N) is 1. The Morgan fingerprint density at radius 2 is 1.85 bits per heavy atom. The van der Waals surface area contributed by atoms with Crippen LogP contribution in [-0.4, -0.2) is 38.8 Å².